The Labute approximate surface area is 103 Å². The van der Waals surface area contributed by atoms with Gasteiger partial charge in [0, 0.05) is 30.9 Å². The maximum atomic E-state index is 5.88. The van der Waals surface area contributed by atoms with E-state index in [0.29, 0.717) is 6.54 Å². The van der Waals surface area contributed by atoms with E-state index in [1.54, 1.807) is 0 Å². The van der Waals surface area contributed by atoms with E-state index < -0.39 is 0 Å². The van der Waals surface area contributed by atoms with Crippen LogP contribution in [0.1, 0.15) is 36.6 Å². The number of aromatic nitrogens is 1. The minimum atomic E-state index is 0.612. The second-order valence-corrected chi connectivity index (χ2v) is 5.47. The molecule has 1 aliphatic carbocycles. The van der Waals surface area contributed by atoms with Crippen LogP contribution in [0.5, 0.6) is 0 Å². The topological polar surface area (TPSA) is 42.2 Å². The molecule has 0 saturated carbocycles. The van der Waals surface area contributed by atoms with Crippen molar-refractivity contribution in [1.29, 1.82) is 0 Å². The molecule has 2 aliphatic rings. The zero-order chi connectivity index (χ0) is 11.8. The molecule has 1 aromatic rings. The molecule has 3 nitrogen and oxygen atoms in total. The number of nitrogens with zero attached hydrogens (tertiary/aromatic N) is 2. The summed E-state index contributed by atoms with van der Waals surface area (Å²) in [7, 11) is 0. The number of pyridine rings is 1. The van der Waals surface area contributed by atoms with Gasteiger partial charge in [0.25, 0.3) is 0 Å². The van der Waals surface area contributed by atoms with Gasteiger partial charge in [-0.15, -0.1) is 0 Å². The van der Waals surface area contributed by atoms with Gasteiger partial charge in [-0.2, -0.15) is 0 Å². The fourth-order valence-electron chi connectivity index (χ4n) is 3.06. The van der Waals surface area contributed by atoms with Crippen LogP contribution in [0.25, 0.3) is 0 Å². The molecule has 1 atom stereocenters. The smallest absolute Gasteiger partial charge is 0.133 e. The van der Waals surface area contributed by atoms with Gasteiger partial charge < -0.3 is 10.6 Å². The molecular weight excluding hydrogens is 210 g/mol. The van der Waals surface area contributed by atoms with Crippen LogP contribution in [0.2, 0.25) is 0 Å². The van der Waals surface area contributed by atoms with Crippen LogP contribution in [0, 0.1) is 5.92 Å². The molecule has 3 rings (SSSR count). The summed E-state index contributed by atoms with van der Waals surface area (Å²) in [6.07, 6.45) is 4.87. The van der Waals surface area contributed by atoms with Gasteiger partial charge in [-0.3, -0.25) is 0 Å². The maximum Gasteiger partial charge on any atom is 0.133 e. The van der Waals surface area contributed by atoms with Gasteiger partial charge in [-0.05, 0) is 43.2 Å². The Morgan fingerprint density at radius 1 is 1.47 bits per heavy atom. The molecule has 0 radical (unpaired) electrons. The van der Waals surface area contributed by atoms with E-state index in [9.17, 15) is 0 Å². The predicted octanol–water partition coefficient (Wildman–Crippen LogP) is 1.88. The number of aryl methyl sites for hydroxylation is 2. The Bertz CT molecular complexity index is 428. The van der Waals surface area contributed by atoms with E-state index in [-0.39, 0.29) is 0 Å². The number of hydrogen-bond acceptors (Lipinski definition) is 3. The maximum absolute atomic E-state index is 5.88. The van der Waals surface area contributed by atoms with Crippen LogP contribution in [0.4, 0.5) is 5.82 Å². The first kappa shape index (κ1) is 11.0. The monoisotopic (exact) mass is 231 g/mol. The van der Waals surface area contributed by atoms with E-state index in [0.717, 1.165) is 31.2 Å². The number of anilines is 1. The first-order valence-electron chi connectivity index (χ1n) is 6.74. The molecule has 1 fully saturated rings. The third-order valence-corrected chi connectivity index (χ3v) is 4.05. The van der Waals surface area contributed by atoms with E-state index in [1.165, 1.54) is 36.1 Å². The Hall–Kier alpha value is -1.09. The van der Waals surface area contributed by atoms with Crippen molar-refractivity contribution in [2.24, 2.45) is 11.7 Å². The number of hydrogen-bond donors (Lipinski definition) is 1. The Kier molecular flexibility index (Phi) is 2.79. The lowest BCUT2D eigenvalue weighted by atomic mass is 10.1. The van der Waals surface area contributed by atoms with Gasteiger partial charge in [0.2, 0.25) is 0 Å². The second kappa shape index (κ2) is 4.30. The average molecular weight is 231 g/mol. The van der Waals surface area contributed by atoms with E-state index in [2.05, 4.69) is 17.9 Å². The highest BCUT2D eigenvalue weighted by molar-refractivity contribution is 5.51. The highest BCUT2D eigenvalue weighted by Gasteiger charge is 2.24. The summed E-state index contributed by atoms with van der Waals surface area (Å²) in [6, 6.07) is 2.30. The molecule has 1 saturated heterocycles. The molecule has 0 spiro atoms. The van der Waals surface area contributed by atoms with E-state index in [4.69, 9.17) is 10.7 Å². The van der Waals surface area contributed by atoms with Crippen LogP contribution in [-0.4, -0.2) is 18.1 Å². The number of nitrogens with two attached hydrogens (primary N) is 1. The summed E-state index contributed by atoms with van der Waals surface area (Å²) in [5, 5.41) is 0. The lowest BCUT2D eigenvalue weighted by Crippen LogP contribution is -2.23. The predicted molar refractivity (Wildman–Crippen MR) is 70.1 cm³/mol. The summed E-state index contributed by atoms with van der Waals surface area (Å²) in [6.45, 7) is 5.20. The molecule has 1 aromatic heterocycles. The van der Waals surface area contributed by atoms with Crippen molar-refractivity contribution < 1.29 is 0 Å². The molecular formula is C14H21N3. The molecule has 0 amide bonds. The number of fused-ring (bicyclic) bond motifs is 1. The Morgan fingerprint density at radius 2 is 2.35 bits per heavy atom. The van der Waals surface area contributed by atoms with Gasteiger partial charge in [-0.25, -0.2) is 4.98 Å². The molecule has 17 heavy (non-hydrogen) atoms. The van der Waals surface area contributed by atoms with Crippen molar-refractivity contribution in [1.82, 2.24) is 4.98 Å². The van der Waals surface area contributed by atoms with Gasteiger partial charge in [0.05, 0.1) is 0 Å². The lowest BCUT2D eigenvalue weighted by molar-refractivity contribution is 0.658. The summed E-state index contributed by atoms with van der Waals surface area (Å²) in [4.78, 5) is 7.31. The quantitative estimate of drug-likeness (QED) is 0.845. The van der Waals surface area contributed by atoms with Crippen LogP contribution in [-0.2, 0) is 19.4 Å². The molecule has 2 N–H and O–H groups in total. The zero-order valence-corrected chi connectivity index (χ0v) is 10.6. The fourth-order valence-corrected chi connectivity index (χ4v) is 3.06. The van der Waals surface area contributed by atoms with Crippen LogP contribution in [0.15, 0.2) is 6.07 Å². The van der Waals surface area contributed by atoms with Gasteiger partial charge in [-0.1, -0.05) is 6.92 Å². The van der Waals surface area contributed by atoms with E-state index in [1.807, 2.05) is 0 Å². The molecule has 1 aliphatic heterocycles. The minimum absolute atomic E-state index is 0.612. The lowest BCUT2D eigenvalue weighted by Gasteiger charge is -2.21. The van der Waals surface area contributed by atoms with Crippen LogP contribution < -0.4 is 10.6 Å². The third kappa shape index (κ3) is 1.93. The largest absolute Gasteiger partial charge is 0.356 e. The first-order chi connectivity index (χ1) is 8.28. The van der Waals surface area contributed by atoms with Crippen LogP contribution in [0.3, 0.4) is 0 Å². The van der Waals surface area contributed by atoms with Gasteiger partial charge in [0.1, 0.15) is 5.82 Å². The highest BCUT2D eigenvalue weighted by atomic mass is 15.2. The minimum Gasteiger partial charge on any atom is -0.356 e. The molecule has 3 heteroatoms. The fraction of sp³-hybridized carbons (Fsp3) is 0.643. The SMILES string of the molecule is CC1CCN(c2nc3c(cc2CN)CCC3)C1. The van der Waals surface area contributed by atoms with Crippen molar-refractivity contribution in [2.45, 2.75) is 39.2 Å². The third-order valence-electron chi connectivity index (χ3n) is 4.05. The number of rotatable bonds is 2. The highest BCUT2D eigenvalue weighted by Crippen LogP contribution is 2.30. The summed E-state index contributed by atoms with van der Waals surface area (Å²) >= 11 is 0. The molecule has 0 bridgehead atoms. The van der Waals surface area contributed by atoms with Crippen molar-refractivity contribution in [3.8, 4) is 0 Å². The summed E-state index contributed by atoms with van der Waals surface area (Å²) < 4.78 is 0. The van der Waals surface area contributed by atoms with E-state index >= 15 is 0 Å². The van der Waals surface area contributed by atoms with Crippen molar-refractivity contribution >= 4 is 5.82 Å². The molecule has 92 valence electrons. The average Bonchev–Trinajstić information content (AvgIpc) is 2.94. The van der Waals surface area contributed by atoms with Gasteiger partial charge in [0.15, 0.2) is 0 Å². The molecule has 1 unspecified atom stereocenters. The molecule has 2 heterocycles. The van der Waals surface area contributed by atoms with Crippen LogP contribution >= 0.6 is 0 Å². The normalized spacial score (nSPS) is 23.2. The standard InChI is InChI=1S/C14H21N3/c1-10-5-6-17(9-10)14-12(8-15)7-11-3-2-4-13(11)16-14/h7,10H,2-6,8-9,15H2,1H3. The van der Waals surface area contributed by atoms with Crippen molar-refractivity contribution in [3.63, 3.8) is 0 Å². The molecule has 0 aromatic carbocycles. The van der Waals surface area contributed by atoms with Crippen molar-refractivity contribution in [3.05, 3.63) is 22.9 Å². The van der Waals surface area contributed by atoms with Crippen molar-refractivity contribution in [2.75, 3.05) is 18.0 Å². The summed E-state index contributed by atoms with van der Waals surface area (Å²) in [5.74, 6) is 1.95. The first-order valence-corrected chi connectivity index (χ1v) is 6.74. The summed E-state index contributed by atoms with van der Waals surface area (Å²) in [5.41, 5.74) is 9.86. The second-order valence-electron chi connectivity index (χ2n) is 5.47. The Balaban J connectivity index is 1.97. The Morgan fingerprint density at radius 3 is 3.06 bits per heavy atom. The zero-order valence-electron chi connectivity index (χ0n) is 10.6. The van der Waals surface area contributed by atoms with Gasteiger partial charge >= 0.3 is 0 Å².